The molecule has 0 bridgehead atoms. The van der Waals surface area contributed by atoms with Gasteiger partial charge in [0, 0.05) is 38.9 Å². The first-order chi connectivity index (χ1) is 12.6. The zero-order valence-electron chi connectivity index (χ0n) is 14.5. The summed E-state index contributed by atoms with van der Waals surface area (Å²) in [6, 6.07) is 9.89. The molecule has 2 N–H and O–H groups in total. The van der Waals surface area contributed by atoms with E-state index in [1.54, 1.807) is 13.2 Å². The van der Waals surface area contributed by atoms with Crippen molar-refractivity contribution in [1.29, 1.82) is 0 Å². The van der Waals surface area contributed by atoms with Crippen molar-refractivity contribution in [1.82, 2.24) is 25.2 Å². The Morgan fingerprint density at radius 1 is 1.31 bits per heavy atom. The Kier molecular flexibility index (Phi) is 4.16. The van der Waals surface area contributed by atoms with Crippen LogP contribution in [0.15, 0.2) is 36.5 Å². The molecule has 0 radical (unpaired) electrons. The van der Waals surface area contributed by atoms with Gasteiger partial charge < -0.3 is 20.1 Å². The highest BCUT2D eigenvalue weighted by Crippen LogP contribution is 2.32. The van der Waals surface area contributed by atoms with Gasteiger partial charge in [0.1, 0.15) is 11.6 Å². The quantitative estimate of drug-likeness (QED) is 0.742. The van der Waals surface area contributed by atoms with Crippen LogP contribution in [0.2, 0.25) is 5.02 Å². The molecule has 134 valence electrons. The van der Waals surface area contributed by atoms with Gasteiger partial charge in [0.25, 0.3) is 0 Å². The fraction of sp³-hybridized carbons (Fsp3) is 0.278. The molecule has 4 rings (SSSR count). The molecule has 1 aliphatic heterocycles. The number of hydrogen-bond donors (Lipinski definition) is 2. The normalized spacial score (nSPS) is 14.3. The molecule has 3 heterocycles. The van der Waals surface area contributed by atoms with E-state index in [0.29, 0.717) is 18.1 Å². The van der Waals surface area contributed by atoms with Crippen LogP contribution in [0.3, 0.4) is 0 Å². The topological polar surface area (TPSA) is 75.1 Å². The molecular weight excluding hydrogens is 352 g/mol. The number of hydrogen-bond acceptors (Lipinski definition) is 4. The second-order valence-corrected chi connectivity index (χ2v) is 6.74. The zero-order valence-corrected chi connectivity index (χ0v) is 15.3. The lowest BCUT2D eigenvalue weighted by Crippen LogP contribution is -2.60. The lowest BCUT2D eigenvalue weighted by molar-refractivity contribution is 0.236. The maximum Gasteiger partial charge on any atom is 0.314 e. The molecule has 2 amide bonds. The fourth-order valence-corrected chi connectivity index (χ4v) is 3.36. The summed E-state index contributed by atoms with van der Waals surface area (Å²) in [6.45, 7) is 1.42. The third kappa shape index (κ3) is 2.84. The van der Waals surface area contributed by atoms with E-state index in [9.17, 15) is 4.79 Å². The van der Waals surface area contributed by atoms with Gasteiger partial charge in [0.15, 0.2) is 0 Å². The van der Waals surface area contributed by atoms with Crippen LogP contribution in [0.4, 0.5) is 10.6 Å². The third-order valence-electron chi connectivity index (χ3n) is 4.64. The van der Waals surface area contributed by atoms with E-state index in [-0.39, 0.29) is 12.1 Å². The Balaban J connectivity index is 1.61. The summed E-state index contributed by atoms with van der Waals surface area (Å²) < 4.78 is 2.03. The second kappa shape index (κ2) is 6.49. The predicted molar refractivity (Wildman–Crippen MR) is 103 cm³/mol. The highest BCUT2D eigenvalue weighted by Gasteiger charge is 2.29. The van der Waals surface area contributed by atoms with E-state index >= 15 is 0 Å². The molecule has 1 aliphatic rings. The lowest BCUT2D eigenvalue weighted by Gasteiger charge is -2.40. The Morgan fingerprint density at radius 2 is 2.08 bits per heavy atom. The van der Waals surface area contributed by atoms with Crippen LogP contribution in [-0.2, 0) is 7.05 Å². The molecule has 8 heteroatoms. The number of fused-ring (bicyclic) bond motifs is 1. The van der Waals surface area contributed by atoms with Crippen molar-refractivity contribution in [3.8, 4) is 11.4 Å². The van der Waals surface area contributed by atoms with E-state index in [0.717, 1.165) is 28.2 Å². The van der Waals surface area contributed by atoms with Gasteiger partial charge in [-0.2, -0.15) is 0 Å². The first-order valence-corrected chi connectivity index (χ1v) is 8.75. The van der Waals surface area contributed by atoms with Gasteiger partial charge in [0.2, 0.25) is 0 Å². The van der Waals surface area contributed by atoms with Crippen molar-refractivity contribution in [2.45, 2.75) is 6.04 Å². The summed E-state index contributed by atoms with van der Waals surface area (Å²) in [4.78, 5) is 22.6. The molecule has 0 unspecified atom stereocenters. The van der Waals surface area contributed by atoms with E-state index in [1.165, 1.54) is 0 Å². The largest absolute Gasteiger partial charge is 0.352 e. The monoisotopic (exact) mass is 370 g/mol. The number of aryl methyl sites for hydroxylation is 1. The van der Waals surface area contributed by atoms with E-state index < -0.39 is 0 Å². The Morgan fingerprint density at radius 3 is 2.81 bits per heavy atom. The van der Waals surface area contributed by atoms with Gasteiger partial charge in [-0.05, 0) is 18.2 Å². The van der Waals surface area contributed by atoms with Gasteiger partial charge in [-0.25, -0.2) is 14.8 Å². The summed E-state index contributed by atoms with van der Waals surface area (Å²) in [5.41, 5.74) is 2.83. The van der Waals surface area contributed by atoms with Crippen LogP contribution in [0.1, 0.15) is 0 Å². The number of nitrogens with one attached hydrogen (secondary N) is 2. The SMILES string of the molecule is CNC(=O)NC1CN(c2cc(-c3nc4ccccc4n3C)c(Cl)cn2)C1. The summed E-state index contributed by atoms with van der Waals surface area (Å²) in [6.07, 6.45) is 1.66. The molecule has 0 saturated carbocycles. The molecule has 1 fully saturated rings. The first kappa shape index (κ1) is 16.7. The fourth-order valence-electron chi connectivity index (χ4n) is 3.17. The van der Waals surface area contributed by atoms with E-state index in [1.807, 2.05) is 41.9 Å². The molecular formula is C18H19ClN6O. The van der Waals surface area contributed by atoms with Crippen LogP contribution in [-0.4, -0.2) is 46.7 Å². The van der Waals surface area contributed by atoms with Crippen LogP contribution < -0.4 is 15.5 Å². The Labute approximate surface area is 156 Å². The van der Waals surface area contributed by atoms with E-state index in [2.05, 4.69) is 20.5 Å². The molecule has 1 saturated heterocycles. The Bertz CT molecular complexity index is 979. The number of urea groups is 1. The molecule has 2 aromatic heterocycles. The van der Waals surface area contributed by atoms with Gasteiger partial charge in [-0.15, -0.1) is 0 Å². The van der Waals surface area contributed by atoms with E-state index in [4.69, 9.17) is 16.6 Å². The van der Waals surface area contributed by atoms with Crippen LogP contribution >= 0.6 is 11.6 Å². The summed E-state index contributed by atoms with van der Waals surface area (Å²) >= 11 is 6.41. The van der Waals surface area contributed by atoms with Crippen LogP contribution in [0, 0.1) is 0 Å². The van der Waals surface area contributed by atoms with Gasteiger partial charge in [-0.1, -0.05) is 23.7 Å². The first-order valence-electron chi connectivity index (χ1n) is 8.37. The second-order valence-electron chi connectivity index (χ2n) is 6.33. The number of anilines is 1. The number of nitrogens with zero attached hydrogens (tertiary/aromatic N) is 4. The number of carbonyl (C=O) groups is 1. The summed E-state index contributed by atoms with van der Waals surface area (Å²) in [5, 5.41) is 6.01. The lowest BCUT2D eigenvalue weighted by atomic mass is 10.1. The smallest absolute Gasteiger partial charge is 0.314 e. The van der Waals surface area contributed by atoms with Crippen LogP contribution in [0.25, 0.3) is 22.4 Å². The van der Waals surface area contributed by atoms with Crippen LogP contribution in [0.5, 0.6) is 0 Å². The number of imidazole rings is 1. The Hall–Kier alpha value is -2.80. The van der Waals surface area contributed by atoms with Gasteiger partial charge in [0.05, 0.1) is 22.1 Å². The molecule has 7 nitrogen and oxygen atoms in total. The average molecular weight is 371 g/mol. The number of para-hydroxylation sites is 2. The molecule has 1 aromatic carbocycles. The van der Waals surface area contributed by atoms with Crippen molar-refractivity contribution < 1.29 is 4.79 Å². The number of amides is 2. The highest BCUT2D eigenvalue weighted by molar-refractivity contribution is 6.33. The number of carbonyl (C=O) groups excluding carboxylic acids is 1. The van der Waals surface area contributed by atoms with Crippen molar-refractivity contribution in [3.63, 3.8) is 0 Å². The van der Waals surface area contributed by atoms with Gasteiger partial charge >= 0.3 is 6.03 Å². The zero-order chi connectivity index (χ0) is 18.3. The molecule has 3 aromatic rings. The van der Waals surface area contributed by atoms with Crippen molar-refractivity contribution in [3.05, 3.63) is 41.6 Å². The number of pyridine rings is 1. The highest BCUT2D eigenvalue weighted by atomic mass is 35.5. The molecule has 26 heavy (non-hydrogen) atoms. The summed E-state index contributed by atoms with van der Waals surface area (Å²) in [5.74, 6) is 1.63. The minimum atomic E-state index is -0.167. The summed E-state index contributed by atoms with van der Waals surface area (Å²) in [7, 11) is 3.59. The van der Waals surface area contributed by atoms with Crippen molar-refractivity contribution in [2.75, 3.05) is 25.0 Å². The third-order valence-corrected chi connectivity index (χ3v) is 4.94. The van der Waals surface area contributed by atoms with Crippen molar-refractivity contribution >= 4 is 34.5 Å². The minimum absolute atomic E-state index is 0.117. The average Bonchev–Trinajstić information content (AvgIpc) is 2.95. The number of halogens is 1. The van der Waals surface area contributed by atoms with Crippen molar-refractivity contribution in [2.24, 2.45) is 7.05 Å². The standard InChI is InChI=1S/C18H19ClN6O/c1-20-18(26)22-11-9-25(10-11)16-7-12(13(19)8-21-16)17-23-14-5-3-4-6-15(14)24(17)2/h3-8,11H,9-10H2,1-2H3,(H2,20,22,26). The number of benzene rings is 1. The molecule has 0 spiro atoms. The predicted octanol–water partition coefficient (Wildman–Crippen LogP) is 2.41. The number of aromatic nitrogens is 3. The maximum atomic E-state index is 11.4. The van der Waals surface area contributed by atoms with Gasteiger partial charge in [-0.3, -0.25) is 0 Å². The minimum Gasteiger partial charge on any atom is -0.352 e. The maximum absolute atomic E-state index is 11.4. The molecule has 0 atom stereocenters. The number of rotatable bonds is 3. The molecule has 0 aliphatic carbocycles.